The third-order valence-electron chi connectivity index (χ3n) is 12.6. The number of hydrogen-bond acceptors (Lipinski definition) is 11. The highest BCUT2D eigenvalue weighted by Crippen LogP contribution is 2.37. The Bertz CT molecular complexity index is 2480. The van der Waals surface area contributed by atoms with Crippen LogP contribution >= 0.6 is 0 Å². The van der Waals surface area contributed by atoms with E-state index in [0.29, 0.717) is 63.3 Å². The van der Waals surface area contributed by atoms with E-state index in [1.54, 1.807) is 21.8 Å². The summed E-state index contributed by atoms with van der Waals surface area (Å²) in [5.41, 5.74) is 8.16. The molecule has 0 spiro atoms. The van der Waals surface area contributed by atoms with Crippen molar-refractivity contribution in [2.24, 2.45) is 18.7 Å². The lowest BCUT2D eigenvalue weighted by molar-refractivity contribution is -0.134. The van der Waals surface area contributed by atoms with Gasteiger partial charge in [-0.15, -0.1) is 0 Å². The van der Waals surface area contributed by atoms with Gasteiger partial charge < -0.3 is 26.2 Å². The zero-order chi connectivity index (χ0) is 42.5. The largest absolute Gasteiger partial charge is 0.370 e. The fourth-order valence-corrected chi connectivity index (χ4v) is 9.49. The Morgan fingerprint density at radius 1 is 0.984 bits per heavy atom. The zero-order valence-electron chi connectivity index (χ0n) is 33.6. The van der Waals surface area contributed by atoms with Gasteiger partial charge in [-0.1, -0.05) is 12.1 Å². The van der Waals surface area contributed by atoms with E-state index in [2.05, 4.69) is 36.0 Å². The molecule has 17 nitrogen and oxygen atoms in total. The summed E-state index contributed by atoms with van der Waals surface area (Å²) in [7, 11) is 1.86. The number of anilines is 3. The number of piperidine rings is 3. The second kappa shape index (κ2) is 16.4. The number of nitrogens with two attached hydrogens (primary N) is 1. The lowest BCUT2D eigenvalue weighted by atomic mass is 9.85. The van der Waals surface area contributed by atoms with E-state index in [1.807, 2.05) is 25.2 Å². The monoisotopic (exact) mass is 843 g/mol. The maximum Gasteiger partial charge on any atom is 0.284 e. The van der Waals surface area contributed by atoms with Gasteiger partial charge in [0.1, 0.15) is 17.6 Å². The summed E-state index contributed by atoms with van der Waals surface area (Å²) in [5, 5.41) is 22.3. The van der Waals surface area contributed by atoms with E-state index in [1.165, 1.54) is 21.6 Å². The van der Waals surface area contributed by atoms with E-state index >= 15 is 0 Å². The third kappa shape index (κ3) is 7.99. The quantitative estimate of drug-likeness (QED) is 0.157. The minimum atomic E-state index is -2.96. The van der Waals surface area contributed by atoms with Gasteiger partial charge >= 0.3 is 0 Å². The van der Waals surface area contributed by atoms with Crippen molar-refractivity contribution >= 4 is 57.4 Å². The number of hydrogen-bond donors (Lipinski definition) is 4. The number of nitrogens with zero attached hydrogens (tertiary/aromatic N) is 9. The van der Waals surface area contributed by atoms with Crippen molar-refractivity contribution in [1.82, 2.24) is 44.8 Å². The van der Waals surface area contributed by atoms with Crippen LogP contribution in [0.25, 0.3) is 16.6 Å². The number of carbonyl (C=O) groups is 4. The molecule has 3 saturated heterocycles. The maximum absolute atomic E-state index is 14.3. The molecule has 5 aromatic rings. The van der Waals surface area contributed by atoms with Crippen molar-refractivity contribution in [3.8, 4) is 0 Å². The molecule has 4 fully saturated rings. The van der Waals surface area contributed by atoms with Crippen molar-refractivity contribution in [2.75, 3.05) is 41.3 Å². The van der Waals surface area contributed by atoms with Gasteiger partial charge in [0.15, 0.2) is 11.3 Å². The summed E-state index contributed by atoms with van der Waals surface area (Å²) >= 11 is 0. The fraction of sp³-hybridized carbons (Fsp3) is 0.512. The number of aryl methyl sites for hydroxylation is 1. The molecular weight excluding hydrogens is 796 g/mol. The average molecular weight is 844 g/mol. The highest BCUT2D eigenvalue weighted by Gasteiger charge is 2.35. The molecule has 4 aromatic heterocycles. The summed E-state index contributed by atoms with van der Waals surface area (Å²) in [5.74, 6) is -1.59. The molecule has 1 saturated carbocycles. The van der Waals surface area contributed by atoms with Gasteiger partial charge in [0.2, 0.25) is 17.7 Å². The Hall–Kier alpha value is -6.05. The number of benzene rings is 1. The zero-order valence-corrected chi connectivity index (χ0v) is 33.6. The van der Waals surface area contributed by atoms with Crippen LogP contribution in [0.5, 0.6) is 0 Å². The van der Waals surface area contributed by atoms with Crippen LogP contribution in [0.3, 0.4) is 0 Å². The lowest BCUT2D eigenvalue weighted by Crippen LogP contribution is -2.48. The minimum Gasteiger partial charge on any atom is -0.370 e. The van der Waals surface area contributed by atoms with Crippen LogP contribution < -0.4 is 31.5 Å². The number of fused-ring (bicyclic) bond motifs is 2. The van der Waals surface area contributed by atoms with E-state index in [9.17, 15) is 32.3 Å². The van der Waals surface area contributed by atoms with Crippen LogP contribution in [0.15, 0.2) is 42.9 Å². The topological polar surface area (TPSA) is 203 Å². The second-order valence-electron chi connectivity index (χ2n) is 16.7. The van der Waals surface area contributed by atoms with Crippen molar-refractivity contribution in [1.29, 1.82) is 0 Å². The molecule has 61 heavy (non-hydrogen) atoms. The van der Waals surface area contributed by atoms with Crippen molar-refractivity contribution in [3.63, 3.8) is 0 Å². The van der Waals surface area contributed by atoms with Crippen molar-refractivity contribution < 1.29 is 32.3 Å². The SMILES string of the molecule is Cn1nc(C2CCC(=O)NC2=O)c2cccc(N3CCC(NC(=O)C4CCC(n5cc(NC(=O)c6cnn7ccc(N8CC(N)C[C@@H](F)C8)nc67)c(C(F)F)n5)CC4)CC3)c21. The Morgan fingerprint density at radius 3 is 2.51 bits per heavy atom. The predicted molar refractivity (Wildman–Crippen MR) is 218 cm³/mol. The molecule has 20 heteroatoms. The third-order valence-corrected chi connectivity index (χ3v) is 12.6. The summed E-state index contributed by atoms with van der Waals surface area (Å²) in [6, 6.07) is 7.01. The Morgan fingerprint density at radius 2 is 1.77 bits per heavy atom. The molecule has 0 radical (unpaired) electrons. The highest BCUT2D eigenvalue weighted by atomic mass is 19.3. The number of alkyl halides is 3. The molecular formula is C41H48F3N13O4. The standard InChI is InChI=1S/C41H48F3N13O4/c1-53-36-27(34(51-53)28-9-10-33(58)50-40(28)60)3-2-4-31(36)54-14-11-25(12-15-54)47-39(59)22-5-7-26(8-6-22)57-21-30(35(52-57)37(43)44)48-41(61)29-18-46-56-16-13-32(49-38(29)56)55-19-23(42)17-24(45)20-55/h2-4,13,16,18,21-26,28,37H,5-12,14-15,17,19-20,45H2,1H3,(H,47,59)(H,48,61)(H,50,58,60)/t22?,23-,24?,26?,28?/m1/s1. The van der Waals surface area contributed by atoms with Gasteiger partial charge in [0.25, 0.3) is 12.3 Å². The smallest absolute Gasteiger partial charge is 0.284 e. The molecule has 1 aromatic carbocycles. The first kappa shape index (κ1) is 40.4. The lowest BCUT2D eigenvalue weighted by Gasteiger charge is -2.35. The maximum atomic E-state index is 14.3. The Balaban J connectivity index is 0.797. The predicted octanol–water partition coefficient (Wildman–Crippen LogP) is 3.91. The number of imide groups is 1. The average Bonchev–Trinajstić information content (AvgIpc) is 3.96. The first-order valence-corrected chi connectivity index (χ1v) is 20.9. The first-order valence-electron chi connectivity index (χ1n) is 20.9. The number of para-hydroxylation sites is 1. The van der Waals surface area contributed by atoms with E-state index in [0.717, 1.165) is 29.4 Å². The van der Waals surface area contributed by atoms with Crippen molar-refractivity contribution in [2.45, 2.75) is 94.4 Å². The van der Waals surface area contributed by atoms with E-state index in [-0.39, 0.29) is 78.0 Å². The summed E-state index contributed by atoms with van der Waals surface area (Å²) in [4.78, 5) is 60.0. The number of halogens is 3. The van der Waals surface area contributed by atoms with Gasteiger partial charge in [-0.05, 0) is 63.5 Å². The number of aromatic nitrogens is 7. The van der Waals surface area contributed by atoms with Crippen LogP contribution in [0.1, 0.15) is 97.9 Å². The first-order chi connectivity index (χ1) is 29.4. The molecule has 4 amide bonds. The van der Waals surface area contributed by atoms with Gasteiger partial charge in [0.05, 0.1) is 47.3 Å². The molecule has 3 atom stereocenters. The summed E-state index contributed by atoms with van der Waals surface area (Å²) in [6.45, 7) is 1.93. The minimum absolute atomic E-state index is 0.00219. The van der Waals surface area contributed by atoms with Gasteiger partial charge in [-0.2, -0.15) is 15.3 Å². The Kier molecular flexibility index (Phi) is 10.9. The highest BCUT2D eigenvalue weighted by molar-refractivity contribution is 6.08. The second-order valence-corrected chi connectivity index (χ2v) is 16.7. The van der Waals surface area contributed by atoms with Crippen LogP contribution in [0.4, 0.5) is 30.4 Å². The number of nitrogens with one attached hydrogen (secondary N) is 3. The molecule has 9 rings (SSSR count). The van der Waals surface area contributed by atoms with Gasteiger partial charge in [0, 0.05) is 68.9 Å². The number of rotatable bonds is 9. The molecule has 5 N–H and O–H groups in total. The van der Waals surface area contributed by atoms with Crippen LogP contribution in [-0.2, 0) is 21.4 Å². The summed E-state index contributed by atoms with van der Waals surface area (Å²) < 4.78 is 47.5. The fourth-order valence-electron chi connectivity index (χ4n) is 9.49. The van der Waals surface area contributed by atoms with Gasteiger partial charge in [-0.3, -0.25) is 33.9 Å². The van der Waals surface area contributed by atoms with Gasteiger partial charge in [-0.25, -0.2) is 22.7 Å². The molecule has 3 aliphatic heterocycles. The number of carbonyl (C=O) groups excluding carboxylic acids is 4. The molecule has 0 bridgehead atoms. The Labute approximate surface area is 348 Å². The molecule has 322 valence electrons. The summed E-state index contributed by atoms with van der Waals surface area (Å²) in [6.07, 6.45) is 4.88. The van der Waals surface area contributed by atoms with E-state index < -0.39 is 30.1 Å². The van der Waals surface area contributed by atoms with Crippen LogP contribution in [0, 0.1) is 5.92 Å². The molecule has 1 aliphatic carbocycles. The molecule has 7 heterocycles. The van der Waals surface area contributed by atoms with Crippen LogP contribution in [-0.4, -0.2) is 102 Å². The van der Waals surface area contributed by atoms with Crippen LogP contribution in [0.2, 0.25) is 0 Å². The normalized spacial score (nSPS) is 24.1. The molecule has 4 aliphatic rings. The van der Waals surface area contributed by atoms with E-state index in [4.69, 9.17) is 10.8 Å². The molecule has 2 unspecified atom stereocenters. The van der Waals surface area contributed by atoms with Crippen molar-refractivity contribution in [3.05, 3.63) is 59.8 Å². The number of amides is 4.